The lowest BCUT2D eigenvalue weighted by atomic mass is 9.86. The fourth-order valence-corrected chi connectivity index (χ4v) is 4.93. The van der Waals surface area contributed by atoms with E-state index in [2.05, 4.69) is 15.9 Å². The van der Waals surface area contributed by atoms with Crippen molar-refractivity contribution in [1.82, 2.24) is 4.90 Å². The van der Waals surface area contributed by atoms with Crippen LogP contribution in [0.2, 0.25) is 0 Å². The maximum atomic E-state index is 14.6. The molecule has 0 aromatic heterocycles. The van der Waals surface area contributed by atoms with Crippen LogP contribution in [0.3, 0.4) is 0 Å². The highest BCUT2D eigenvalue weighted by molar-refractivity contribution is 9.15. The van der Waals surface area contributed by atoms with Gasteiger partial charge < -0.3 is 9.64 Å². The lowest BCUT2D eigenvalue weighted by molar-refractivity contribution is -0.270. The Morgan fingerprint density at radius 2 is 1.49 bits per heavy atom. The highest BCUT2D eigenvalue weighted by atomic mass is 79.9. The minimum Gasteiger partial charge on any atom is -0.356 e. The number of ketones is 1. The Kier molecular flexibility index (Phi) is 6.96. The van der Waals surface area contributed by atoms with Gasteiger partial charge in [-0.2, -0.15) is 13.2 Å². The second kappa shape index (κ2) is 9.79. The Hall–Kier alpha value is -3.23. The highest BCUT2D eigenvalue weighted by Crippen LogP contribution is 2.47. The predicted octanol–water partition coefficient (Wildman–Crippen LogP) is 6.64. The third kappa shape index (κ3) is 4.44. The number of carbonyl (C=O) groups excluding carboxylic acids is 2. The van der Waals surface area contributed by atoms with Crippen molar-refractivity contribution >= 4 is 32.1 Å². The third-order valence-corrected chi connectivity index (χ3v) is 6.69. The van der Waals surface area contributed by atoms with Gasteiger partial charge in [0, 0.05) is 35.3 Å². The van der Waals surface area contributed by atoms with Crippen molar-refractivity contribution in [3.05, 3.63) is 113 Å². The zero-order chi connectivity index (χ0) is 25.2. The monoisotopic (exact) mass is 543 g/mol. The number of fused-ring (bicyclic) bond motifs is 1. The second-order valence-electron chi connectivity index (χ2n) is 8.03. The molecule has 0 saturated heterocycles. The van der Waals surface area contributed by atoms with Gasteiger partial charge in [-0.1, -0.05) is 84.9 Å². The SMILES string of the molecule is CO[C@@](C(=O)N1C=C(Br)c2ccccc2C1CC(=O)c1ccccc1)(c1ccccc1)C(F)(F)F. The topological polar surface area (TPSA) is 46.6 Å². The number of carbonyl (C=O) groups is 2. The van der Waals surface area contributed by atoms with E-state index in [0.717, 1.165) is 12.0 Å². The van der Waals surface area contributed by atoms with Crippen LogP contribution in [0.25, 0.3) is 4.48 Å². The molecular formula is C27H21BrF3NO3. The van der Waals surface area contributed by atoms with E-state index in [1.807, 2.05) is 0 Å². The molecule has 1 heterocycles. The molecule has 0 aliphatic carbocycles. The summed E-state index contributed by atoms with van der Waals surface area (Å²) >= 11 is 3.39. The van der Waals surface area contributed by atoms with Gasteiger partial charge in [0.1, 0.15) is 0 Å². The molecule has 0 bridgehead atoms. The van der Waals surface area contributed by atoms with Crippen LogP contribution in [0.4, 0.5) is 13.2 Å². The van der Waals surface area contributed by atoms with Crippen LogP contribution in [0.15, 0.2) is 91.1 Å². The zero-order valence-corrected chi connectivity index (χ0v) is 20.2. The zero-order valence-electron chi connectivity index (χ0n) is 18.6. The van der Waals surface area contributed by atoms with Crippen LogP contribution in [0, 0.1) is 0 Å². The first-order chi connectivity index (χ1) is 16.7. The number of amides is 1. The molecule has 8 heteroatoms. The first-order valence-electron chi connectivity index (χ1n) is 10.8. The van der Waals surface area contributed by atoms with Gasteiger partial charge >= 0.3 is 6.18 Å². The second-order valence-corrected chi connectivity index (χ2v) is 8.89. The van der Waals surface area contributed by atoms with Crippen molar-refractivity contribution in [2.75, 3.05) is 7.11 Å². The number of benzene rings is 3. The normalized spacial score (nSPS) is 17.2. The van der Waals surface area contributed by atoms with E-state index in [4.69, 9.17) is 4.74 Å². The molecule has 0 radical (unpaired) electrons. The number of Topliss-reactive ketones (excluding diaryl/α,β-unsaturated/α-hetero) is 1. The minimum absolute atomic E-state index is 0.212. The van der Waals surface area contributed by atoms with Crippen molar-refractivity contribution in [3.63, 3.8) is 0 Å². The van der Waals surface area contributed by atoms with Gasteiger partial charge in [0.05, 0.1) is 6.04 Å². The average molecular weight is 544 g/mol. The fraction of sp³-hybridized carbons (Fsp3) is 0.185. The number of halogens is 4. The molecule has 0 spiro atoms. The van der Waals surface area contributed by atoms with Gasteiger partial charge in [-0.25, -0.2) is 0 Å². The Labute approximate surface area is 209 Å². The maximum absolute atomic E-state index is 14.6. The molecule has 1 aliphatic heterocycles. The Balaban J connectivity index is 1.86. The summed E-state index contributed by atoms with van der Waals surface area (Å²) in [7, 11) is 0.860. The Bertz CT molecular complexity index is 1260. The van der Waals surface area contributed by atoms with E-state index in [-0.39, 0.29) is 17.8 Å². The standard InChI is InChI=1S/C27H21BrF3NO3/c1-35-26(27(29,30)31,19-12-6-3-7-13-19)25(34)32-17-22(28)20-14-8-9-15-21(20)23(32)16-24(33)18-10-4-2-5-11-18/h2-15,17,23H,16H2,1H3/t23?,26-/m1/s1. The van der Waals surface area contributed by atoms with E-state index in [1.54, 1.807) is 60.7 Å². The summed E-state index contributed by atoms with van der Waals surface area (Å²) in [4.78, 5) is 28.0. The summed E-state index contributed by atoms with van der Waals surface area (Å²) in [5.74, 6) is -1.64. The molecule has 3 aromatic carbocycles. The Morgan fingerprint density at radius 3 is 2.09 bits per heavy atom. The van der Waals surface area contributed by atoms with Crippen molar-refractivity contribution in [2.45, 2.75) is 24.2 Å². The number of ether oxygens (including phenoxy) is 1. The van der Waals surface area contributed by atoms with Gasteiger partial charge in [-0.05, 0) is 27.1 Å². The van der Waals surface area contributed by atoms with Gasteiger partial charge in [0.15, 0.2) is 5.78 Å². The van der Waals surface area contributed by atoms with Crippen LogP contribution >= 0.6 is 15.9 Å². The smallest absolute Gasteiger partial charge is 0.356 e. The van der Waals surface area contributed by atoms with Crippen molar-refractivity contribution in [1.29, 1.82) is 0 Å². The van der Waals surface area contributed by atoms with Crippen LogP contribution in [0.5, 0.6) is 0 Å². The van der Waals surface area contributed by atoms with E-state index in [1.165, 1.54) is 30.5 Å². The predicted molar refractivity (Wildman–Crippen MR) is 130 cm³/mol. The number of methoxy groups -OCH3 is 1. The number of nitrogens with zero attached hydrogens (tertiary/aromatic N) is 1. The Morgan fingerprint density at radius 1 is 0.914 bits per heavy atom. The molecule has 0 saturated carbocycles. The third-order valence-electron chi connectivity index (χ3n) is 6.06. The summed E-state index contributed by atoms with van der Waals surface area (Å²) < 4.78 is 49.4. The molecule has 0 N–H and O–H groups in total. The largest absolute Gasteiger partial charge is 0.430 e. The van der Waals surface area contributed by atoms with Gasteiger partial charge in [0.2, 0.25) is 0 Å². The fourth-order valence-electron chi connectivity index (χ4n) is 4.35. The maximum Gasteiger partial charge on any atom is 0.430 e. The highest BCUT2D eigenvalue weighted by Gasteiger charge is 2.64. The first-order valence-corrected chi connectivity index (χ1v) is 11.5. The van der Waals surface area contributed by atoms with Crippen molar-refractivity contribution in [3.8, 4) is 0 Å². The van der Waals surface area contributed by atoms with Gasteiger partial charge in [-0.15, -0.1) is 0 Å². The molecule has 3 aromatic rings. The van der Waals surface area contributed by atoms with Crippen molar-refractivity contribution in [2.24, 2.45) is 0 Å². The van der Waals surface area contributed by atoms with E-state index < -0.39 is 23.7 Å². The molecule has 1 aliphatic rings. The summed E-state index contributed by atoms with van der Waals surface area (Å²) in [6.45, 7) is 0. The van der Waals surface area contributed by atoms with E-state index in [0.29, 0.717) is 21.2 Å². The van der Waals surface area contributed by atoms with E-state index >= 15 is 0 Å². The van der Waals surface area contributed by atoms with Crippen LogP contribution in [-0.2, 0) is 15.1 Å². The number of alkyl halides is 3. The number of rotatable bonds is 6. The van der Waals surface area contributed by atoms with Crippen LogP contribution < -0.4 is 0 Å². The average Bonchev–Trinajstić information content (AvgIpc) is 2.86. The van der Waals surface area contributed by atoms with Crippen molar-refractivity contribution < 1.29 is 27.5 Å². The molecule has 180 valence electrons. The summed E-state index contributed by atoms with van der Waals surface area (Å²) in [5, 5.41) is 0. The number of hydrogen-bond donors (Lipinski definition) is 0. The molecule has 2 atom stereocenters. The molecule has 0 fully saturated rings. The lowest BCUT2D eigenvalue weighted by Gasteiger charge is -2.41. The van der Waals surface area contributed by atoms with E-state index in [9.17, 15) is 22.8 Å². The summed E-state index contributed by atoms with van der Waals surface area (Å²) in [6.07, 6.45) is -3.99. The lowest BCUT2D eigenvalue weighted by Crippen LogP contribution is -2.56. The van der Waals surface area contributed by atoms with Crippen LogP contribution in [0.1, 0.15) is 39.5 Å². The molecule has 35 heavy (non-hydrogen) atoms. The summed E-state index contributed by atoms with van der Waals surface area (Å²) in [6, 6.07) is 21.2. The minimum atomic E-state index is -5.08. The van der Waals surface area contributed by atoms with Gasteiger partial charge in [0.25, 0.3) is 11.5 Å². The molecule has 1 unspecified atom stereocenters. The molecular weight excluding hydrogens is 523 g/mol. The first kappa shape index (κ1) is 24.9. The summed E-state index contributed by atoms with van der Waals surface area (Å²) in [5.41, 5.74) is -1.96. The molecule has 4 nitrogen and oxygen atoms in total. The molecule has 1 amide bonds. The van der Waals surface area contributed by atoms with Crippen LogP contribution in [-0.4, -0.2) is 29.9 Å². The van der Waals surface area contributed by atoms with Gasteiger partial charge in [-0.3, -0.25) is 9.59 Å². The quantitative estimate of drug-likeness (QED) is 0.327. The number of hydrogen-bond acceptors (Lipinski definition) is 3. The molecule has 4 rings (SSSR count).